The lowest BCUT2D eigenvalue weighted by Crippen LogP contribution is -2.32. The monoisotopic (exact) mass is 362 g/mol. The molecule has 3 aromatic rings. The van der Waals surface area contributed by atoms with Gasteiger partial charge in [-0.3, -0.25) is 14.3 Å². The fraction of sp³-hybridized carbons (Fsp3) is 0.412. The molecule has 1 aliphatic rings. The molecular formula is C17H19ClN4OS. The van der Waals surface area contributed by atoms with Gasteiger partial charge in [-0.25, -0.2) is 4.98 Å². The predicted octanol–water partition coefficient (Wildman–Crippen LogP) is 3.63. The summed E-state index contributed by atoms with van der Waals surface area (Å²) in [5.41, 5.74) is 2.08. The van der Waals surface area contributed by atoms with E-state index < -0.39 is 0 Å². The van der Waals surface area contributed by atoms with Gasteiger partial charge in [-0.05, 0) is 25.0 Å². The molecule has 3 aromatic heterocycles. The molecule has 0 radical (unpaired) electrons. The van der Waals surface area contributed by atoms with Crippen LogP contribution in [0, 0.1) is 0 Å². The quantitative estimate of drug-likeness (QED) is 0.671. The lowest BCUT2D eigenvalue weighted by molar-refractivity contribution is 0.0670. The Morgan fingerprint density at radius 1 is 1.38 bits per heavy atom. The molecule has 7 heteroatoms. The topological polar surface area (TPSA) is 42.7 Å². The SMILES string of the molecule is Clc1nc2sccn2c1CN(Cc1ccccn1)CC1CCCO1. The Balaban J connectivity index is 1.56. The molecule has 126 valence electrons. The smallest absolute Gasteiger partial charge is 0.195 e. The van der Waals surface area contributed by atoms with Crippen molar-refractivity contribution in [3.05, 3.63) is 52.5 Å². The molecule has 1 atom stereocenters. The second-order valence-corrected chi connectivity index (χ2v) is 7.26. The molecule has 5 nitrogen and oxygen atoms in total. The van der Waals surface area contributed by atoms with Gasteiger partial charge in [0.1, 0.15) is 0 Å². The molecule has 1 unspecified atom stereocenters. The van der Waals surface area contributed by atoms with Gasteiger partial charge < -0.3 is 4.74 Å². The minimum absolute atomic E-state index is 0.290. The molecule has 4 heterocycles. The molecule has 4 rings (SSSR count). The summed E-state index contributed by atoms with van der Waals surface area (Å²) in [5, 5.41) is 2.62. The molecule has 1 aliphatic heterocycles. The number of aromatic nitrogens is 3. The molecule has 0 saturated carbocycles. The van der Waals surface area contributed by atoms with E-state index in [-0.39, 0.29) is 0 Å². The zero-order valence-corrected chi connectivity index (χ0v) is 14.8. The van der Waals surface area contributed by atoms with Gasteiger partial charge in [0.25, 0.3) is 0 Å². The van der Waals surface area contributed by atoms with E-state index >= 15 is 0 Å². The van der Waals surface area contributed by atoms with Crippen molar-refractivity contribution in [3.63, 3.8) is 0 Å². The van der Waals surface area contributed by atoms with Crippen LogP contribution in [0.2, 0.25) is 5.15 Å². The van der Waals surface area contributed by atoms with Crippen LogP contribution in [0.15, 0.2) is 36.0 Å². The van der Waals surface area contributed by atoms with Gasteiger partial charge in [-0.15, -0.1) is 11.3 Å². The normalized spacial score (nSPS) is 18.0. The van der Waals surface area contributed by atoms with Crippen LogP contribution in [0.4, 0.5) is 0 Å². The van der Waals surface area contributed by atoms with Gasteiger partial charge in [0.05, 0.1) is 17.5 Å². The van der Waals surface area contributed by atoms with E-state index in [0.717, 1.165) is 55.4 Å². The zero-order chi connectivity index (χ0) is 16.4. The maximum Gasteiger partial charge on any atom is 0.195 e. The van der Waals surface area contributed by atoms with Crippen LogP contribution in [0.25, 0.3) is 4.96 Å². The number of ether oxygens (including phenoxy) is 1. The van der Waals surface area contributed by atoms with Crippen LogP contribution < -0.4 is 0 Å². The van der Waals surface area contributed by atoms with Crippen LogP contribution in [0.3, 0.4) is 0 Å². The van der Waals surface area contributed by atoms with Crippen molar-refractivity contribution in [3.8, 4) is 0 Å². The molecule has 0 N–H and O–H groups in total. The number of thiazole rings is 1. The van der Waals surface area contributed by atoms with Crippen molar-refractivity contribution in [2.75, 3.05) is 13.2 Å². The maximum absolute atomic E-state index is 6.37. The van der Waals surface area contributed by atoms with Gasteiger partial charge in [0.2, 0.25) is 0 Å². The first kappa shape index (κ1) is 16.0. The molecule has 0 amide bonds. The number of hydrogen-bond donors (Lipinski definition) is 0. The number of imidazole rings is 1. The van der Waals surface area contributed by atoms with Crippen LogP contribution >= 0.6 is 22.9 Å². The van der Waals surface area contributed by atoms with Crippen molar-refractivity contribution >= 4 is 27.9 Å². The molecule has 1 saturated heterocycles. The predicted molar refractivity (Wildman–Crippen MR) is 95.4 cm³/mol. The summed E-state index contributed by atoms with van der Waals surface area (Å²) in [6, 6.07) is 6.02. The van der Waals surface area contributed by atoms with Gasteiger partial charge in [0, 0.05) is 44.0 Å². The highest BCUT2D eigenvalue weighted by Gasteiger charge is 2.22. The average Bonchev–Trinajstić information content (AvgIpc) is 3.29. The van der Waals surface area contributed by atoms with Crippen molar-refractivity contribution in [1.29, 1.82) is 0 Å². The Labute approximate surface area is 149 Å². The van der Waals surface area contributed by atoms with Crippen LogP contribution in [0.5, 0.6) is 0 Å². The molecule has 24 heavy (non-hydrogen) atoms. The number of fused-ring (bicyclic) bond motifs is 1. The molecule has 0 aliphatic carbocycles. The number of hydrogen-bond acceptors (Lipinski definition) is 5. The summed E-state index contributed by atoms with van der Waals surface area (Å²) in [4.78, 5) is 12.2. The number of pyridine rings is 1. The Bertz CT molecular complexity index is 797. The Morgan fingerprint density at radius 3 is 3.12 bits per heavy atom. The van der Waals surface area contributed by atoms with Crippen LogP contribution in [-0.2, 0) is 17.8 Å². The third-order valence-corrected chi connectivity index (χ3v) is 5.34. The summed E-state index contributed by atoms with van der Waals surface area (Å²) in [6.45, 7) is 3.25. The minimum atomic E-state index is 0.290. The average molecular weight is 363 g/mol. The van der Waals surface area contributed by atoms with Crippen LogP contribution in [-0.4, -0.2) is 38.5 Å². The molecule has 1 fully saturated rings. The van der Waals surface area contributed by atoms with Crippen molar-refractivity contribution in [2.45, 2.75) is 32.0 Å². The standard InChI is InChI=1S/C17H19ClN4OS/c18-16-15(22-7-9-24-17(22)20-16)12-21(11-14-5-3-8-23-14)10-13-4-1-2-6-19-13/h1-2,4,6-7,9,14H,3,5,8,10-12H2. The summed E-state index contributed by atoms with van der Waals surface area (Å²) in [7, 11) is 0. The van der Waals surface area contributed by atoms with Gasteiger partial charge in [-0.2, -0.15) is 0 Å². The van der Waals surface area contributed by atoms with Crippen molar-refractivity contribution in [2.24, 2.45) is 0 Å². The Hall–Kier alpha value is -1.47. The number of halogens is 1. The van der Waals surface area contributed by atoms with E-state index in [2.05, 4.69) is 25.3 Å². The summed E-state index contributed by atoms with van der Waals surface area (Å²) >= 11 is 7.97. The lowest BCUT2D eigenvalue weighted by Gasteiger charge is -2.24. The summed E-state index contributed by atoms with van der Waals surface area (Å²) in [5.74, 6) is 0. The third-order valence-electron chi connectivity index (χ3n) is 4.28. The van der Waals surface area contributed by atoms with Gasteiger partial charge >= 0.3 is 0 Å². The summed E-state index contributed by atoms with van der Waals surface area (Å²) in [6.07, 6.45) is 6.41. The lowest BCUT2D eigenvalue weighted by atomic mass is 10.2. The summed E-state index contributed by atoms with van der Waals surface area (Å²) < 4.78 is 7.90. The van der Waals surface area contributed by atoms with Crippen molar-refractivity contribution in [1.82, 2.24) is 19.3 Å². The second-order valence-electron chi connectivity index (χ2n) is 6.03. The van der Waals surface area contributed by atoms with E-state index in [9.17, 15) is 0 Å². The largest absolute Gasteiger partial charge is 0.377 e. The van der Waals surface area contributed by atoms with E-state index in [1.165, 1.54) is 0 Å². The second kappa shape index (κ2) is 7.19. The highest BCUT2D eigenvalue weighted by molar-refractivity contribution is 7.15. The fourth-order valence-corrected chi connectivity index (χ4v) is 4.16. The van der Waals surface area contributed by atoms with Gasteiger partial charge in [0.15, 0.2) is 10.1 Å². The highest BCUT2D eigenvalue weighted by Crippen LogP contribution is 2.24. The molecule has 0 bridgehead atoms. The number of nitrogens with zero attached hydrogens (tertiary/aromatic N) is 4. The first-order chi connectivity index (χ1) is 11.8. The highest BCUT2D eigenvalue weighted by atomic mass is 35.5. The van der Waals surface area contributed by atoms with Crippen molar-refractivity contribution < 1.29 is 4.74 Å². The minimum Gasteiger partial charge on any atom is -0.377 e. The maximum atomic E-state index is 6.37. The first-order valence-electron chi connectivity index (χ1n) is 8.13. The van der Waals surface area contributed by atoms with E-state index in [1.807, 2.05) is 29.9 Å². The Kier molecular flexibility index (Phi) is 4.80. The fourth-order valence-electron chi connectivity index (χ4n) is 3.14. The van der Waals surface area contributed by atoms with Crippen LogP contribution in [0.1, 0.15) is 24.2 Å². The number of rotatable bonds is 6. The molecular weight excluding hydrogens is 344 g/mol. The Morgan fingerprint density at radius 2 is 2.33 bits per heavy atom. The van der Waals surface area contributed by atoms with E-state index in [1.54, 1.807) is 11.3 Å². The van der Waals surface area contributed by atoms with E-state index in [4.69, 9.17) is 16.3 Å². The molecule has 0 aromatic carbocycles. The van der Waals surface area contributed by atoms with E-state index in [0.29, 0.717) is 11.3 Å². The molecule has 0 spiro atoms. The first-order valence-corrected chi connectivity index (χ1v) is 9.39. The van der Waals surface area contributed by atoms with Gasteiger partial charge in [-0.1, -0.05) is 17.7 Å². The zero-order valence-electron chi connectivity index (χ0n) is 13.3. The third kappa shape index (κ3) is 3.47.